The van der Waals surface area contributed by atoms with Crippen molar-refractivity contribution in [3.63, 3.8) is 0 Å². The molecule has 1 fully saturated rings. The van der Waals surface area contributed by atoms with Crippen LogP contribution in [-0.2, 0) is 18.0 Å². The molecule has 0 bridgehead atoms. The topological polar surface area (TPSA) is 107 Å². The fourth-order valence-electron chi connectivity index (χ4n) is 5.33. The third-order valence-electron chi connectivity index (χ3n) is 11.8. The molecule has 0 spiro atoms. The summed E-state index contributed by atoms with van der Waals surface area (Å²) < 4.78 is 30.7. The van der Waals surface area contributed by atoms with Crippen LogP contribution in [-0.4, -0.2) is 69.4 Å². The first-order valence-electron chi connectivity index (χ1n) is 18.1. The Morgan fingerprint density at radius 3 is 1.86 bits per heavy atom. The van der Waals surface area contributed by atoms with Crippen LogP contribution in [0.2, 0.25) is 54.4 Å². The van der Waals surface area contributed by atoms with E-state index in [0.717, 1.165) is 15.3 Å². The molecule has 0 saturated carbocycles. The second-order valence-corrected chi connectivity index (χ2v) is 34.0. The molecule has 4 aromatic rings. The summed E-state index contributed by atoms with van der Waals surface area (Å²) >= 11 is 1.64. The largest absolute Gasteiger partial charge is 0.414 e. The molecule has 2 N–H and O–H groups in total. The minimum Gasteiger partial charge on any atom is -0.414 e. The molecule has 5 rings (SSSR count). The third kappa shape index (κ3) is 8.15. The summed E-state index contributed by atoms with van der Waals surface area (Å²) in [6.07, 6.45) is 0.0384. The first-order chi connectivity index (χ1) is 23.3. The number of thiophene rings is 1. The fourth-order valence-corrected chi connectivity index (χ4v) is 9.89. The molecule has 4 atom stereocenters. The van der Waals surface area contributed by atoms with Crippen molar-refractivity contribution in [1.29, 1.82) is 0 Å². The highest BCUT2D eigenvalue weighted by molar-refractivity contribution is 7.18. The van der Waals surface area contributed by atoms with Gasteiger partial charge >= 0.3 is 0 Å². The number of anilines is 1. The van der Waals surface area contributed by atoms with E-state index >= 15 is 0 Å². The van der Waals surface area contributed by atoms with Gasteiger partial charge in [0.2, 0.25) is 0 Å². The Kier molecular flexibility index (Phi) is 10.9. The summed E-state index contributed by atoms with van der Waals surface area (Å²) in [5, 5.41) is -0.0123. The molecular formula is C38H61N5O4SSi3. The maximum Gasteiger partial charge on any atom is 0.192 e. The maximum absolute atomic E-state index is 7.39. The number of rotatable bonds is 10. The number of nitrogen functional groups attached to an aromatic ring is 1. The number of fused-ring (bicyclic) bond motifs is 1. The molecule has 4 heterocycles. The third-order valence-corrected chi connectivity index (χ3v) is 26.4. The van der Waals surface area contributed by atoms with Crippen molar-refractivity contribution in [2.45, 2.75) is 141 Å². The van der Waals surface area contributed by atoms with Crippen LogP contribution in [0.25, 0.3) is 32.3 Å². The highest BCUT2D eigenvalue weighted by atomic mass is 32.1. The molecule has 0 radical (unpaired) electrons. The monoisotopic (exact) mass is 767 g/mol. The zero-order chi connectivity index (χ0) is 37.9. The van der Waals surface area contributed by atoms with Gasteiger partial charge in [0, 0.05) is 4.88 Å². The van der Waals surface area contributed by atoms with Crippen LogP contribution in [0.5, 0.6) is 0 Å². The van der Waals surface area contributed by atoms with Crippen molar-refractivity contribution in [3.8, 4) is 21.1 Å². The Hall–Kier alpha value is -2.24. The molecule has 9 nitrogen and oxygen atoms in total. The number of imidazole rings is 1. The van der Waals surface area contributed by atoms with Crippen molar-refractivity contribution in [1.82, 2.24) is 19.5 Å². The summed E-state index contributed by atoms with van der Waals surface area (Å²) in [5.74, 6) is 0.885. The maximum atomic E-state index is 7.39. The van der Waals surface area contributed by atoms with Gasteiger partial charge in [0.25, 0.3) is 0 Å². The molecule has 13 heteroatoms. The van der Waals surface area contributed by atoms with Crippen molar-refractivity contribution in [2.75, 3.05) is 12.3 Å². The standard InChI is InChI=1S/C38H61N5O4SSi3/c1-36(2,3)49(10,11)44-23-26-30(46-50(12,13)37(4,5)6)31(47-51(14,15)38(7,8)9)35(45-26)43-24-40-29-32(39)41-33(42-34(29)43)28-22-21-27(48-28)25-19-17-16-18-20-25/h16-22,24,26,30-31,35H,23H2,1-15H3,(H2,39,41,42)/t26-,30-,31-,35?/m1/s1. The molecule has 280 valence electrons. The molecule has 1 aliphatic heterocycles. The Morgan fingerprint density at radius 1 is 0.745 bits per heavy atom. The first-order valence-corrected chi connectivity index (χ1v) is 27.7. The van der Waals surface area contributed by atoms with E-state index < -0.39 is 37.3 Å². The van der Waals surface area contributed by atoms with Crippen LogP contribution < -0.4 is 5.73 Å². The summed E-state index contributed by atoms with van der Waals surface area (Å²) in [7, 11) is -6.76. The second-order valence-electron chi connectivity index (χ2n) is 18.6. The van der Waals surface area contributed by atoms with E-state index in [2.05, 4.69) is 126 Å². The highest BCUT2D eigenvalue weighted by Crippen LogP contribution is 2.47. The van der Waals surface area contributed by atoms with Gasteiger partial charge in [0.15, 0.2) is 48.5 Å². The lowest BCUT2D eigenvalue weighted by molar-refractivity contribution is -0.0470. The van der Waals surface area contributed by atoms with Crippen LogP contribution >= 0.6 is 11.3 Å². The Labute approximate surface area is 313 Å². The van der Waals surface area contributed by atoms with Crippen LogP contribution in [0.4, 0.5) is 5.82 Å². The average Bonchev–Trinajstić information content (AvgIpc) is 3.73. The number of benzene rings is 1. The van der Waals surface area contributed by atoms with Crippen LogP contribution in [0.3, 0.4) is 0 Å². The minimum absolute atomic E-state index is 0.0188. The number of hydrogen-bond donors (Lipinski definition) is 1. The summed E-state index contributed by atoms with van der Waals surface area (Å²) in [6.45, 7) is 34.6. The van der Waals surface area contributed by atoms with Gasteiger partial charge < -0.3 is 23.7 Å². The van der Waals surface area contributed by atoms with Crippen molar-refractivity contribution < 1.29 is 18.0 Å². The quantitative estimate of drug-likeness (QED) is 0.159. The second kappa shape index (κ2) is 13.9. The zero-order valence-electron chi connectivity index (χ0n) is 33.5. The van der Waals surface area contributed by atoms with Gasteiger partial charge in [-0.05, 0) is 72.1 Å². The van der Waals surface area contributed by atoms with E-state index in [1.54, 1.807) is 17.7 Å². The smallest absolute Gasteiger partial charge is 0.192 e. The predicted octanol–water partition coefficient (Wildman–Crippen LogP) is 10.5. The van der Waals surface area contributed by atoms with E-state index in [1.165, 1.54) is 0 Å². The molecule has 1 aliphatic rings. The van der Waals surface area contributed by atoms with Gasteiger partial charge in [-0.3, -0.25) is 4.57 Å². The fraction of sp³-hybridized carbons (Fsp3) is 0.605. The molecule has 3 aromatic heterocycles. The average molecular weight is 768 g/mol. The lowest BCUT2D eigenvalue weighted by Gasteiger charge is -2.44. The van der Waals surface area contributed by atoms with Crippen LogP contribution in [0.15, 0.2) is 48.8 Å². The van der Waals surface area contributed by atoms with Gasteiger partial charge in [0.1, 0.15) is 23.8 Å². The van der Waals surface area contributed by atoms with E-state index in [4.69, 9.17) is 38.7 Å². The predicted molar refractivity (Wildman–Crippen MR) is 220 cm³/mol. The highest BCUT2D eigenvalue weighted by Gasteiger charge is 2.55. The Morgan fingerprint density at radius 2 is 1.29 bits per heavy atom. The number of nitrogens with zero attached hydrogens (tertiary/aromatic N) is 4. The molecule has 1 aromatic carbocycles. The van der Waals surface area contributed by atoms with Gasteiger partial charge in [-0.15, -0.1) is 11.3 Å². The van der Waals surface area contributed by atoms with Gasteiger partial charge in [-0.25, -0.2) is 15.0 Å². The van der Waals surface area contributed by atoms with Crippen LogP contribution in [0, 0.1) is 0 Å². The lowest BCUT2D eigenvalue weighted by atomic mass is 10.1. The molecular weight excluding hydrogens is 707 g/mol. The van der Waals surface area contributed by atoms with E-state index in [9.17, 15) is 0 Å². The van der Waals surface area contributed by atoms with Crippen LogP contribution in [0.1, 0.15) is 68.5 Å². The Balaban J connectivity index is 1.63. The number of nitrogens with two attached hydrogens (primary N) is 1. The van der Waals surface area contributed by atoms with Gasteiger partial charge in [-0.2, -0.15) is 0 Å². The molecule has 0 amide bonds. The van der Waals surface area contributed by atoms with Gasteiger partial charge in [-0.1, -0.05) is 92.6 Å². The summed E-state index contributed by atoms with van der Waals surface area (Å²) in [4.78, 5) is 16.6. The Bertz CT molecular complexity index is 1820. The van der Waals surface area contributed by atoms with E-state index in [-0.39, 0.29) is 27.3 Å². The van der Waals surface area contributed by atoms with E-state index in [0.29, 0.717) is 29.4 Å². The number of ether oxygens (including phenoxy) is 1. The van der Waals surface area contributed by atoms with Crippen molar-refractivity contribution >= 4 is 53.3 Å². The minimum atomic E-state index is -2.34. The van der Waals surface area contributed by atoms with Gasteiger partial charge in [0.05, 0.1) is 17.8 Å². The number of aromatic nitrogens is 4. The summed E-state index contributed by atoms with van der Waals surface area (Å²) in [5.41, 5.74) is 8.91. The van der Waals surface area contributed by atoms with E-state index in [1.807, 2.05) is 22.8 Å². The first kappa shape index (κ1) is 40.0. The normalized spacial score (nSPS) is 21.2. The number of hydrogen-bond acceptors (Lipinski definition) is 9. The lowest BCUT2D eigenvalue weighted by Crippen LogP contribution is -2.54. The zero-order valence-corrected chi connectivity index (χ0v) is 37.4. The molecule has 1 unspecified atom stereocenters. The molecule has 0 aliphatic carbocycles. The molecule has 51 heavy (non-hydrogen) atoms. The van der Waals surface area contributed by atoms with Crippen molar-refractivity contribution in [3.05, 3.63) is 48.8 Å². The summed E-state index contributed by atoms with van der Waals surface area (Å²) in [6, 6.07) is 14.5. The SMILES string of the molecule is CC(C)(C)[Si](C)(C)OC[C@H]1OC(n2cnc3c(N)nc(-c4ccc(-c5ccccc5)s4)nc32)[C@H](O[Si](C)(C)C(C)(C)C)[C@@H]1O[Si](C)(C)C(C)(C)C. The van der Waals surface area contributed by atoms with Crippen molar-refractivity contribution in [2.24, 2.45) is 0 Å². The molecule has 1 saturated heterocycles.